The Kier molecular flexibility index (Phi) is 8.77. The fourth-order valence-corrected chi connectivity index (χ4v) is 3.74. The Morgan fingerprint density at radius 1 is 1.00 bits per heavy atom. The van der Waals surface area contributed by atoms with Gasteiger partial charge in [0.2, 0.25) is 23.6 Å². The number of amides is 8. The van der Waals surface area contributed by atoms with E-state index in [4.69, 9.17) is 0 Å². The molecule has 14 nitrogen and oxygen atoms in total. The zero-order valence-electron chi connectivity index (χ0n) is 20.4. The van der Waals surface area contributed by atoms with Crippen LogP contribution in [0.15, 0.2) is 30.3 Å². The second-order valence-corrected chi connectivity index (χ2v) is 8.38. The van der Waals surface area contributed by atoms with Crippen LogP contribution >= 0.6 is 0 Å². The quantitative estimate of drug-likeness (QED) is 0.176. The molecule has 1 aromatic carbocycles. The molecule has 3 rings (SSSR count). The Bertz CT molecular complexity index is 1090. The summed E-state index contributed by atoms with van der Waals surface area (Å²) < 4.78 is 0. The van der Waals surface area contributed by atoms with Crippen molar-refractivity contribution in [1.82, 2.24) is 36.4 Å². The predicted octanol–water partition coefficient (Wildman–Crippen LogP) is -2.64. The molecule has 0 radical (unpaired) electrons. The first-order chi connectivity index (χ1) is 17.7. The van der Waals surface area contributed by atoms with Crippen LogP contribution in [0.25, 0.3) is 0 Å². The Morgan fingerprint density at radius 3 is 2.27 bits per heavy atom. The van der Waals surface area contributed by atoms with E-state index in [9.17, 15) is 33.6 Å². The van der Waals surface area contributed by atoms with Gasteiger partial charge in [-0.3, -0.25) is 33.7 Å². The van der Waals surface area contributed by atoms with Crippen LogP contribution in [0.5, 0.6) is 0 Å². The Morgan fingerprint density at radius 2 is 1.70 bits per heavy atom. The molecule has 3 unspecified atom stereocenters. The third-order valence-electron chi connectivity index (χ3n) is 6.01. The van der Waals surface area contributed by atoms with Crippen LogP contribution in [0.1, 0.15) is 24.9 Å². The van der Waals surface area contributed by atoms with Crippen molar-refractivity contribution in [3.05, 3.63) is 35.9 Å². The van der Waals surface area contributed by atoms with E-state index in [1.165, 1.54) is 11.9 Å². The lowest BCUT2D eigenvalue weighted by atomic mass is 10.0. The molecule has 2 heterocycles. The molecule has 0 aliphatic carbocycles. The maximum atomic E-state index is 13.2. The average molecular weight is 516 g/mol. The molecule has 0 bridgehead atoms. The van der Waals surface area contributed by atoms with Gasteiger partial charge in [0.15, 0.2) is 0 Å². The minimum Gasteiger partial charge on any atom is -0.359 e. The molecule has 2 saturated heterocycles. The van der Waals surface area contributed by atoms with Gasteiger partial charge in [-0.15, -0.1) is 0 Å². The first kappa shape index (κ1) is 27.1. The number of β-lactam (4-membered cyclic amide) rings is 1. The van der Waals surface area contributed by atoms with Gasteiger partial charge in [0, 0.05) is 33.2 Å². The fraction of sp³-hybridized carbons (Fsp3) is 0.435. The smallest absolute Gasteiger partial charge is 0.325 e. The standard InChI is InChI=1S/C23H29N7O7/c1-3-29-9-10-30(22(36)21(29)35)23(37)27-14(11-16(31)24-2)19(33)28-17(13-7-5-4-6-8-13)20(34)26-15-12-25-18(15)32/h4-8,14-15,17H,3,9-12H2,1-2H3,(H,24,31)(H,25,32)(H,26,34)(H,27,37)(H,28,33). The van der Waals surface area contributed by atoms with E-state index in [-0.39, 0.29) is 25.5 Å². The molecular formula is C23H29N7O7. The molecule has 198 valence electrons. The first-order valence-electron chi connectivity index (χ1n) is 11.7. The number of likely N-dealkylation sites (N-methyl/N-ethyl adjacent to an activating group) is 1. The largest absolute Gasteiger partial charge is 0.359 e. The number of nitrogens with zero attached hydrogens (tertiary/aromatic N) is 2. The third kappa shape index (κ3) is 6.39. The van der Waals surface area contributed by atoms with Gasteiger partial charge in [0.1, 0.15) is 18.1 Å². The van der Waals surface area contributed by atoms with Gasteiger partial charge < -0.3 is 31.5 Å². The van der Waals surface area contributed by atoms with Crippen LogP contribution in [0.3, 0.4) is 0 Å². The zero-order valence-corrected chi connectivity index (χ0v) is 20.4. The number of piperazine rings is 1. The summed E-state index contributed by atoms with van der Waals surface area (Å²) in [6, 6.07) is 3.70. The van der Waals surface area contributed by atoms with E-state index < -0.39 is 60.1 Å². The van der Waals surface area contributed by atoms with Crippen LogP contribution in [0.2, 0.25) is 0 Å². The Balaban J connectivity index is 1.77. The van der Waals surface area contributed by atoms with Gasteiger partial charge in [-0.2, -0.15) is 0 Å². The van der Waals surface area contributed by atoms with Gasteiger partial charge in [-0.25, -0.2) is 4.79 Å². The highest BCUT2D eigenvalue weighted by Crippen LogP contribution is 2.15. The number of carbonyl (C=O) groups excluding carboxylic acids is 7. The molecule has 14 heteroatoms. The van der Waals surface area contributed by atoms with Crippen molar-refractivity contribution >= 4 is 41.5 Å². The van der Waals surface area contributed by atoms with E-state index in [2.05, 4.69) is 26.6 Å². The monoisotopic (exact) mass is 515 g/mol. The molecule has 5 N–H and O–H groups in total. The van der Waals surface area contributed by atoms with Crippen molar-refractivity contribution in [2.24, 2.45) is 0 Å². The molecule has 8 amide bonds. The number of imide groups is 1. The maximum absolute atomic E-state index is 13.2. The molecule has 0 saturated carbocycles. The fourth-order valence-electron chi connectivity index (χ4n) is 3.74. The van der Waals surface area contributed by atoms with Crippen LogP contribution in [-0.2, 0) is 28.8 Å². The van der Waals surface area contributed by atoms with Gasteiger partial charge in [0.25, 0.3) is 0 Å². The van der Waals surface area contributed by atoms with E-state index >= 15 is 0 Å². The molecule has 2 aliphatic rings. The van der Waals surface area contributed by atoms with Crippen LogP contribution in [-0.4, -0.2) is 96.6 Å². The van der Waals surface area contributed by atoms with Gasteiger partial charge in [-0.05, 0) is 12.5 Å². The molecule has 0 aromatic heterocycles. The minimum absolute atomic E-state index is 0.0863. The van der Waals surface area contributed by atoms with Gasteiger partial charge >= 0.3 is 17.8 Å². The summed E-state index contributed by atoms with van der Waals surface area (Å²) in [7, 11) is 1.34. The van der Waals surface area contributed by atoms with Crippen LogP contribution in [0.4, 0.5) is 4.79 Å². The average Bonchev–Trinajstić information content (AvgIpc) is 2.90. The van der Waals surface area contributed by atoms with E-state index in [1.54, 1.807) is 37.3 Å². The van der Waals surface area contributed by atoms with Crippen LogP contribution in [0, 0.1) is 0 Å². The second kappa shape index (κ2) is 12.0. The topological polar surface area (TPSA) is 186 Å². The number of urea groups is 1. The number of hydrogen-bond donors (Lipinski definition) is 5. The lowest BCUT2D eigenvalue weighted by Gasteiger charge is -2.33. The highest BCUT2D eigenvalue weighted by atomic mass is 16.2. The van der Waals surface area contributed by atoms with Crippen molar-refractivity contribution in [3.8, 4) is 0 Å². The summed E-state index contributed by atoms with van der Waals surface area (Å²) in [6.07, 6.45) is -0.501. The Labute approximate surface area is 212 Å². The number of hydrogen-bond acceptors (Lipinski definition) is 7. The van der Waals surface area contributed by atoms with Crippen molar-refractivity contribution in [2.75, 3.05) is 33.2 Å². The summed E-state index contributed by atoms with van der Waals surface area (Å²) >= 11 is 0. The summed E-state index contributed by atoms with van der Waals surface area (Å²) in [5.74, 6) is -4.41. The first-order valence-corrected chi connectivity index (χ1v) is 11.7. The Hall–Kier alpha value is -4.49. The number of benzene rings is 1. The summed E-state index contributed by atoms with van der Waals surface area (Å²) in [6.45, 7) is 2.28. The number of nitrogens with one attached hydrogen (secondary N) is 5. The summed E-state index contributed by atoms with van der Waals surface area (Å²) in [5, 5.41) is 12.2. The van der Waals surface area contributed by atoms with E-state index in [0.29, 0.717) is 17.0 Å². The molecular weight excluding hydrogens is 486 g/mol. The van der Waals surface area contributed by atoms with Crippen LogP contribution < -0.4 is 26.6 Å². The molecule has 2 fully saturated rings. The molecule has 1 aromatic rings. The predicted molar refractivity (Wildman–Crippen MR) is 127 cm³/mol. The zero-order chi connectivity index (χ0) is 27.1. The second-order valence-electron chi connectivity index (χ2n) is 8.38. The maximum Gasteiger partial charge on any atom is 0.325 e. The summed E-state index contributed by atoms with van der Waals surface area (Å²) in [4.78, 5) is 89.3. The van der Waals surface area contributed by atoms with Crippen molar-refractivity contribution in [2.45, 2.75) is 31.5 Å². The minimum atomic E-state index is -1.48. The van der Waals surface area contributed by atoms with E-state index in [0.717, 1.165) is 0 Å². The third-order valence-corrected chi connectivity index (χ3v) is 6.01. The summed E-state index contributed by atoms with van der Waals surface area (Å²) in [5.41, 5.74) is 0.398. The molecule has 3 atom stereocenters. The highest BCUT2D eigenvalue weighted by molar-refractivity contribution is 6.38. The van der Waals surface area contributed by atoms with Crippen molar-refractivity contribution in [1.29, 1.82) is 0 Å². The lowest BCUT2D eigenvalue weighted by molar-refractivity contribution is -0.153. The highest BCUT2D eigenvalue weighted by Gasteiger charge is 2.38. The van der Waals surface area contributed by atoms with Crippen molar-refractivity contribution in [3.63, 3.8) is 0 Å². The van der Waals surface area contributed by atoms with Gasteiger partial charge in [0.05, 0.1) is 6.42 Å². The number of carbonyl (C=O) groups is 7. The van der Waals surface area contributed by atoms with Gasteiger partial charge in [-0.1, -0.05) is 30.3 Å². The molecule has 0 spiro atoms. The molecule has 2 aliphatic heterocycles. The number of rotatable bonds is 9. The van der Waals surface area contributed by atoms with E-state index in [1.807, 2.05) is 0 Å². The normalized spacial score (nSPS) is 18.6. The molecule has 37 heavy (non-hydrogen) atoms. The lowest BCUT2D eigenvalue weighted by Crippen LogP contribution is -2.63. The SMILES string of the molecule is CCN1CCN(C(=O)NC(CC(=O)NC)C(=O)NC(C(=O)NC2CNC2=O)c2ccccc2)C(=O)C1=O. The van der Waals surface area contributed by atoms with Crippen molar-refractivity contribution < 1.29 is 33.6 Å².